The van der Waals surface area contributed by atoms with Crippen molar-refractivity contribution < 1.29 is 24.4 Å². The number of halogens is 1. The summed E-state index contributed by atoms with van der Waals surface area (Å²) in [5.41, 5.74) is 3.09. The van der Waals surface area contributed by atoms with Crippen molar-refractivity contribution in [2.75, 3.05) is 18.9 Å². The minimum atomic E-state index is -1.33. The van der Waals surface area contributed by atoms with Crippen LogP contribution in [0.15, 0.2) is 11.0 Å². The van der Waals surface area contributed by atoms with Crippen LogP contribution in [0.25, 0.3) is 0 Å². The Morgan fingerprint density at radius 2 is 2.25 bits per heavy atom. The van der Waals surface area contributed by atoms with Crippen LogP contribution in [0.3, 0.4) is 0 Å². The summed E-state index contributed by atoms with van der Waals surface area (Å²) >= 11 is 0. The van der Waals surface area contributed by atoms with Crippen molar-refractivity contribution in [1.29, 1.82) is 0 Å². The van der Waals surface area contributed by atoms with Gasteiger partial charge in [-0.25, -0.2) is 9.18 Å². The molecule has 8 nitrogen and oxygen atoms in total. The Morgan fingerprint density at radius 1 is 1.60 bits per heavy atom. The zero-order valence-corrected chi connectivity index (χ0v) is 10.7. The maximum absolute atomic E-state index is 13.4. The second-order valence-electron chi connectivity index (χ2n) is 4.97. The van der Waals surface area contributed by atoms with Crippen LogP contribution < -0.4 is 11.4 Å². The van der Waals surface area contributed by atoms with E-state index < -0.39 is 54.4 Å². The van der Waals surface area contributed by atoms with Crippen molar-refractivity contribution in [2.45, 2.75) is 25.4 Å². The summed E-state index contributed by atoms with van der Waals surface area (Å²) in [6.07, 6.45) is -2.72. The SMILES string of the molecule is CC1(CO)C(CO)OC(n2cc(F)c(N)nc2=O)C1O. The number of nitrogens with zero attached hydrogens (tertiary/aromatic N) is 2. The highest BCUT2D eigenvalue weighted by Gasteiger charge is 2.53. The number of ether oxygens (including phenoxy) is 1. The number of aliphatic hydroxyl groups excluding tert-OH is 3. The van der Waals surface area contributed by atoms with Crippen LogP contribution in [0.2, 0.25) is 0 Å². The van der Waals surface area contributed by atoms with Gasteiger partial charge in [0, 0.05) is 5.41 Å². The van der Waals surface area contributed by atoms with E-state index in [2.05, 4.69) is 4.98 Å². The Morgan fingerprint density at radius 3 is 2.75 bits per heavy atom. The fraction of sp³-hybridized carbons (Fsp3) is 0.636. The second-order valence-corrected chi connectivity index (χ2v) is 4.97. The lowest BCUT2D eigenvalue weighted by Crippen LogP contribution is -2.43. The molecule has 20 heavy (non-hydrogen) atoms. The molecule has 0 aromatic carbocycles. The number of aromatic nitrogens is 2. The average Bonchev–Trinajstić information content (AvgIpc) is 2.67. The molecule has 112 valence electrons. The van der Waals surface area contributed by atoms with Crippen molar-refractivity contribution in [3.8, 4) is 0 Å². The number of rotatable bonds is 3. The van der Waals surface area contributed by atoms with Gasteiger partial charge < -0.3 is 25.8 Å². The topological polar surface area (TPSA) is 131 Å². The molecule has 4 unspecified atom stereocenters. The average molecular weight is 289 g/mol. The highest BCUT2D eigenvalue weighted by Crippen LogP contribution is 2.42. The lowest BCUT2D eigenvalue weighted by molar-refractivity contribution is -0.0574. The third kappa shape index (κ3) is 2.08. The highest BCUT2D eigenvalue weighted by atomic mass is 19.1. The van der Waals surface area contributed by atoms with Crippen LogP contribution in [-0.2, 0) is 4.74 Å². The maximum atomic E-state index is 13.4. The van der Waals surface area contributed by atoms with E-state index in [1.165, 1.54) is 6.92 Å². The molecule has 1 fully saturated rings. The second kappa shape index (κ2) is 5.09. The number of hydrogen-bond donors (Lipinski definition) is 4. The first-order valence-electron chi connectivity index (χ1n) is 5.94. The van der Waals surface area contributed by atoms with Crippen LogP contribution in [0.4, 0.5) is 10.2 Å². The van der Waals surface area contributed by atoms with Gasteiger partial charge in [-0.15, -0.1) is 0 Å². The van der Waals surface area contributed by atoms with Gasteiger partial charge >= 0.3 is 5.69 Å². The van der Waals surface area contributed by atoms with E-state index in [0.29, 0.717) is 0 Å². The molecular weight excluding hydrogens is 273 g/mol. The molecule has 2 rings (SSSR count). The molecule has 1 aliphatic rings. The van der Waals surface area contributed by atoms with Crippen LogP contribution in [0, 0.1) is 11.2 Å². The molecule has 1 aliphatic heterocycles. The number of hydrogen-bond acceptors (Lipinski definition) is 7. The first-order chi connectivity index (χ1) is 9.35. The van der Waals surface area contributed by atoms with Gasteiger partial charge in [0.2, 0.25) is 0 Å². The molecule has 0 saturated carbocycles. The number of aliphatic hydroxyl groups is 3. The Labute approximate surface area is 113 Å². The van der Waals surface area contributed by atoms with Gasteiger partial charge in [-0.2, -0.15) is 4.98 Å². The fourth-order valence-electron chi connectivity index (χ4n) is 2.22. The minimum Gasteiger partial charge on any atom is -0.396 e. The first kappa shape index (κ1) is 14.9. The van der Waals surface area contributed by atoms with Crippen molar-refractivity contribution in [2.24, 2.45) is 5.41 Å². The number of anilines is 1. The van der Waals surface area contributed by atoms with E-state index in [4.69, 9.17) is 10.5 Å². The Balaban J connectivity index is 2.45. The van der Waals surface area contributed by atoms with Crippen LogP contribution in [0.1, 0.15) is 13.2 Å². The van der Waals surface area contributed by atoms with E-state index in [1.807, 2.05) is 0 Å². The Hall–Kier alpha value is -1.55. The molecule has 1 aromatic heterocycles. The Bertz CT molecular complexity index is 565. The summed E-state index contributed by atoms with van der Waals surface area (Å²) in [5.74, 6) is -1.49. The molecular formula is C11H16FN3O5. The summed E-state index contributed by atoms with van der Waals surface area (Å²) < 4.78 is 19.5. The van der Waals surface area contributed by atoms with Gasteiger partial charge in [-0.1, -0.05) is 6.92 Å². The summed E-state index contributed by atoms with van der Waals surface area (Å²) in [6.45, 7) is 0.546. The number of nitrogens with two attached hydrogens (primary N) is 1. The quantitative estimate of drug-likeness (QED) is 0.517. The maximum Gasteiger partial charge on any atom is 0.351 e. The lowest BCUT2D eigenvalue weighted by Gasteiger charge is -2.29. The van der Waals surface area contributed by atoms with E-state index >= 15 is 0 Å². The van der Waals surface area contributed by atoms with E-state index in [9.17, 15) is 24.5 Å². The van der Waals surface area contributed by atoms with Gasteiger partial charge in [0.15, 0.2) is 17.9 Å². The van der Waals surface area contributed by atoms with E-state index in [0.717, 1.165) is 10.8 Å². The molecule has 1 saturated heterocycles. The van der Waals surface area contributed by atoms with E-state index in [-0.39, 0.29) is 0 Å². The van der Waals surface area contributed by atoms with Gasteiger partial charge in [0.1, 0.15) is 6.10 Å². The predicted molar refractivity (Wildman–Crippen MR) is 65.1 cm³/mol. The van der Waals surface area contributed by atoms with Gasteiger partial charge in [0.25, 0.3) is 0 Å². The van der Waals surface area contributed by atoms with E-state index in [1.54, 1.807) is 0 Å². The summed E-state index contributed by atoms with van der Waals surface area (Å²) in [6, 6.07) is 0. The molecule has 9 heteroatoms. The zero-order chi connectivity index (χ0) is 15.1. The molecule has 0 radical (unpaired) electrons. The Kier molecular flexibility index (Phi) is 3.78. The van der Waals surface area contributed by atoms with Crippen LogP contribution in [0.5, 0.6) is 0 Å². The molecule has 5 N–H and O–H groups in total. The third-order valence-corrected chi connectivity index (χ3v) is 3.70. The molecule has 0 aliphatic carbocycles. The fourth-order valence-corrected chi connectivity index (χ4v) is 2.22. The van der Waals surface area contributed by atoms with Crippen molar-refractivity contribution in [3.05, 3.63) is 22.5 Å². The molecule has 1 aromatic rings. The molecule has 2 heterocycles. The lowest BCUT2D eigenvalue weighted by atomic mass is 9.81. The molecule has 0 spiro atoms. The highest BCUT2D eigenvalue weighted by molar-refractivity contribution is 5.26. The van der Waals surface area contributed by atoms with Crippen molar-refractivity contribution >= 4 is 5.82 Å². The normalized spacial score (nSPS) is 33.5. The standard InChI is InChI=1S/C11H16FN3O5/c1-11(4-17)6(3-16)20-9(7(11)18)15-2-5(12)8(13)14-10(15)19/h2,6-7,9,16-18H,3-4H2,1H3,(H2,13,14,19). The third-order valence-electron chi connectivity index (χ3n) is 3.70. The number of nitrogen functional groups attached to an aromatic ring is 1. The molecule has 0 amide bonds. The van der Waals surface area contributed by atoms with Gasteiger partial charge in [-0.3, -0.25) is 4.57 Å². The zero-order valence-electron chi connectivity index (χ0n) is 10.7. The van der Waals surface area contributed by atoms with Gasteiger partial charge in [-0.05, 0) is 0 Å². The van der Waals surface area contributed by atoms with Crippen LogP contribution >= 0.6 is 0 Å². The van der Waals surface area contributed by atoms with Crippen molar-refractivity contribution in [1.82, 2.24) is 9.55 Å². The summed E-state index contributed by atoms with van der Waals surface area (Å²) in [5, 5.41) is 28.8. The van der Waals surface area contributed by atoms with Gasteiger partial charge in [0.05, 0.1) is 25.5 Å². The summed E-state index contributed by atoms with van der Waals surface area (Å²) in [7, 11) is 0. The monoisotopic (exact) mass is 289 g/mol. The molecule has 4 atom stereocenters. The minimum absolute atomic E-state index is 0.468. The van der Waals surface area contributed by atoms with Crippen molar-refractivity contribution in [3.63, 3.8) is 0 Å². The van der Waals surface area contributed by atoms with Crippen LogP contribution in [-0.4, -0.2) is 50.3 Å². The molecule has 0 bridgehead atoms. The predicted octanol–water partition coefficient (Wildman–Crippen LogP) is -1.79. The smallest absolute Gasteiger partial charge is 0.351 e. The first-order valence-corrected chi connectivity index (χ1v) is 5.94. The summed E-state index contributed by atoms with van der Waals surface area (Å²) in [4.78, 5) is 15.0. The largest absolute Gasteiger partial charge is 0.396 e.